The number of nitrogens with one attached hydrogen (secondary N) is 2. The summed E-state index contributed by atoms with van der Waals surface area (Å²) in [6.45, 7) is 13.4. The van der Waals surface area contributed by atoms with Crippen LogP contribution in [0.25, 0.3) is 5.69 Å². The number of hydrogen-bond acceptors (Lipinski definition) is 8. The molecule has 0 bridgehead atoms. The third-order valence-corrected chi connectivity index (χ3v) is 13.3. The minimum Gasteiger partial charge on any atom is -0.379 e. The highest BCUT2D eigenvalue weighted by Crippen LogP contribution is 2.36. The number of aryl methyl sites for hydroxylation is 1. The van der Waals surface area contributed by atoms with E-state index >= 15 is 0 Å². The lowest BCUT2D eigenvalue weighted by molar-refractivity contribution is -0.162. The molecular formula is C38H59N7O5S. The molecule has 1 saturated carbocycles. The molecule has 3 aliphatic heterocycles. The van der Waals surface area contributed by atoms with Gasteiger partial charge in [0, 0.05) is 57.1 Å². The van der Waals surface area contributed by atoms with Crippen LogP contribution < -0.4 is 10.0 Å². The van der Waals surface area contributed by atoms with E-state index in [1.807, 2.05) is 23.4 Å². The Bertz CT molecular complexity index is 1590. The Morgan fingerprint density at radius 3 is 2.33 bits per heavy atom. The number of hydrogen-bond donors (Lipinski definition) is 2. The summed E-state index contributed by atoms with van der Waals surface area (Å²) < 4.78 is 36.0. The van der Waals surface area contributed by atoms with Gasteiger partial charge in [-0.2, -0.15) is 5.10 Å². The van der Waals surface area contributed by atoms with Crippen LogP contribution in [0.5, 0.6) is 0 Å². The Balaban J connectivity index is 1.06. The van der Waals surface area contributed by atoms with E-state index in [1.54, 1.807) is 24.3 Å². The van der Waals surface area contributed by atoms with Crippen molar-refractivity contribution in [3.8, 4) is 5.69 Å². The lowest BCUT2D eigenvalue weighted by atomic mass is 9.79. The van der Waals surface area contributed by atoms with Gasteiger partial charge in [-0.05, 0) is 82.7 Å². The summed E-state index contributed by atoms with van der Waals surface area (Å²) in [7, 11) is -3.62. The van der Waals surface area contributed by atoms with E-state index in [-0.39, 0.29) is 16.7 Å². The average molecular weight is 726 g/mol. The van der Waals surface area contributed by atoms with E-state index in [9.17, 15) is 18.0 Å². The first-order valence-corrected chi connectivity index (χ1v) is 20.9. The molecule has 1 aromatic heterocycles. The van der Waals surface area contributed by atoms with Crippen LogP contribution in [-0.2, 0) is 30.9 Å². The van der Waals surface area contributed by atoms with E-state index < -0.39 is 21.6 Å². The topological polar surface area (TPSA) is 129 Å². The van der Waals surface area contributed by atoms with Crippen LogP contribution in [0, 0.1) is 19.8 Å². The largest absolute Gasteiger partial charge is 0.379 e. The number of piperidine rings is 1. The van der Waals surface area contributed by atoms with Gasteiger partial charge in [0.15, 0.2) is 0 Å². The van der Waals surface area contributed by atoms with Gasteiger partial charge in [-0.1, -0.05) is 45.4 Å². The SMILES string of the molecule is CCCCN1C(=O)[C@H](CC2CCCCC2)NC(=O)C12CCN(Cc1c(C)nn(-c3ccc(S(=O)(=O)NCCCN4CCOCC4)cc3)c1C)CC2. The highest BCUT2D eigenvalue weighted by Gasteiger charge is 2.53. The second-order valence-electron chi connectivity index (χ2n) is 15.2. The molecule has 4 heterocycles. The van der Waals surface area contributed by atoms with Crippen LogP contribution in [0.3, 0.4) is 0 Å². The molecule has 51 heavy (non-hydrogen) atoms. The molecule has 0 radical (unpaired) electrons. The average Bonchev–Trinajstić information content (AvgIpc) is 3.42. The molecule has 4 fully saturated rings. The number of sulfonamides is 1. The van der Waals surface area contributed by atoms with E-state index in [4.69, 9.17) is 9.84 Å². The minimum atomic E-state index is -3.62. The number of morpholine rings is 1. The first kappa shape index (κ1) is 37.9. The third-order valence-electron chi connectivity index (χ3n) is 11.8. The normalized spacial score (nSPS) is 22.5. The molecule has 2 amide bonds. The monoisotopic (exact) mass is 725 g/mol. The van der Waals surface area contributed by atoms with Crippen molar-refractivity contribution in [1.82, 2.24) is 34.5 Å². The minimum absolute atomic E-state index is 0.0347. The fraction of sp³-hybridized carbons (Fsp3) is 0.711. The van der Waals surface area contributed by atoms with Crippen molar-refractivity contribution in [3.05, 3.63) is 41.2 Å². The number of nitrogens with zero attached hydrogens (tertiary/aromatic N) is 5. The van der Waals surface area contributed by atoms with Gasteiger partial charge in [-0.25, -0.2) is 17.8 Å². The van der Waals surface area contributed by atoms with Crippen LogP contribution in [0.2, 0.25) is 0 Å². The molecule has 2 aromatic rings. The summed E-state index contributed by atoms with van der Waals surface area (Å²) in [5.74, 6) is 0.675. The first-order chi connectivity index (χ1) is 24.6. The smallest absolute Gasteiger partial charge is 0.246 e. The summed E-state index contributed by atoms with van der Waals surface area (Å²) in [4.78, 5) is 34.7. The first-order valence-electron chi connectivity index (χ1n) is 19.4. The lowest BCUT2D eigenvalue weighted by Gasteiger charge is -2.52. The van der Waals surface area contributed by atoms with Crippen molar-refractivity contribution in [2.24, 2.45) is 5.92 Å². The molecule has 282 valence electrons. The number of benzene rings is 1. The second kappa shape index (κ2) is 16.9. The number of piperazine rings is 1. The van der Waals surface area contributed by atoms with Crippen LogP contribution in [0.4, 0.5) is 0 Å². The fourth-order valence-electron chi connectivity index (χ4n) is 8.57. The van der Waals surface area contributed by atoms with Gasteiger partial charge in [0.2, 0.25) is 21.8 Å². The third kappa shape index (κ3) is 8.70. The van der Waals surface area contributed by atoms with Crippen molar-refractivity contribution in [1.29, 1.82) is 0 Å². The maximum absolute atomic E-state index is 14.0. The van der Waals surface area contributed by atoms with Crippen molar-refractivity contribution < 1.29 is 22.7 Å². The van der Waals surface area contributed by atoms with Gasteiger partial charge in [-0.3, -0.25) is 19.4 Å². The summed E-state index contributed by atoms with van der Waals surface area (Å²) in [5.41, 5.74) is 3.08. The van der Waals surface area contributed by atoms with Gasteiger partial charge in [0.05, 0.1) is 29.5 Å². The number of carbonyl (C=O) groups excluding carboxylic acids is 2. The molecule has 4 aliphatic rings. The van der Waals surface area contributed by atoms with Gasteiger partial charge < -0.3 is 15.0 Å². The van der Waals surface area contributed by atoms with Crippen LogP contribution in [-0.4, -0.2) is 115 Å². The molecule has 13 heteroatoms. The van der Waals surface area contributed by atoms with Crippen LogP contribution in [0.1, 0.15) is 94.5 Å². The number of unbranched alkanes of at least 4 members (excludes halogenated alkanes) is 1. The van der Waals surface area contributed by atoms with Gasteiger partial charge in [-0.15, -0.1) is 0 Å². The molecule has 1 atom stereocenters. The molecule has 2 N–H and O–H groups in total. The standard InChI is InChI=1S/C38H59N7O5S/c1-4-5-20-44-36(46)35(27-31-10-7-6-8-11-31)40-37(47)38(44)16-21-43(22-17-38)28-34-29(2)41-45(30(34)3)32-12-14-33(15-13-32)51(48,49)39-18-9-19-42-23-25-50-26-24-42/h12-15,31,35,39H,4-11,16-28H2,1-3H3,(H,40,47)/t35-/m0/s1. The fourth-order valence-corrected chi connectivity index (χ4v) is 9.65. The Kier molecular flexibility index (Phi) is 12.5. The van der Waals surface area contributed by atoms with E-state index in [1.165, 1.54) is 19.3 Å². The van der Waals surface area contributed by atoms with Crippen molar-refractivity contribution in [2.45, 2.75) is 114 Å². The zero-order valence-electron chi connectivity index (χ0n) is 31.0. The number of carbonyl (C=O) groups is 2. The Hall–Kier alpha value is -2.84. The quantitative estimate of drug-likeness (QED) is 0.281. The number of likely N-dealkylation sites (tertiary alicyclic amines) is 1. The predicted molar refractivity (Wildman–Crippen MR) is 197 cm³/mol. The zero-order chi connectivity index (χ0) is 36.0. The van der Waals surface area contributed by atoms with E-state index in [0.29, 0.717) is 51.5 Å². The molecule has 1 aromatic carbocycles. The van der Waals surface area contributed by atoms with Crippen molar-refractivity contribution in [3.63, 3.8) is 0 Å². The second-order valence-corrected chi connectivity index (χ2v) is 16.9. The van der Waals surface area contributed by atoms with Gasteiger partial charge in [0.25, 0.3) is 0 Å². The van der Waals surface area contributed by atoms with Crippen LogP contribution in [0.15, 0.2) is 29.2 Å². The number of rotatable bonds is 14. The molecule has 12 nitrogen and oxygen atoms in total. The highest BCUT2D eigenvalue weighted by atomic mass is 32.2. The molecule has 3 saturated heterocycles. The number of aromatic nitrogens is 2. The molecule has 0 unspecified atom stereocenters. The van der Waals surface area contributed by atoms with E-state index in [0.717, 1.165) is 94.0 Å². The van der Waals surface area contributed by atoms with Crippen LogP contribution >= 0.6 is 0 Å². The number of ether oxygens (including phenoxy) is 1. The number of amides is 2. The highest BCUT2D eigenvalue weighted by molar-refractivity contribution is 7.89. The lowest BCUT2D eigenvalue weighted by Crippen LogP contribution is -2.73. The summed E-state index contributed by atoms with van der Waals surface area (Å²) in [6.07, 6.45) is 10.7. The summed E-state index contributed by atoms with van der Waals surface area (Å²) >= 11 is 0. The van der Waals surface area contributed by atoms with Crippen molar-refractivity contribution >= 4 is 21.8 Å². The van der Waals surface area contributed by atoms with Crippen molar-refractivity contribution in [2.75, 3.05) is 59.0 Å². The Labute approximate surface area is 304 Å². The van der Waals surface area contributed by atoms with Gasteiger partial charge >= 0.3 is 0 Å². The Morgan fingerprint density at radius 2 is 1.65 bits per heavy atom. The zero-order valence-corrected chi connectivity index (χ0v) is 31.8. The predicted octanol–water partition coefficient (Wildman–Crippen LogP) is 3.92. The Morgan fingerprint density at radius 1 is 0.941 bits per heavy atom. The van der Waals surface area contributed by atoms with E-state index in [2.05, 4.69) is 26.8 Å². The molecule has 6 rings (SSSR count). The molecular weight excluding hydrogens is 667 g/mol. The summed E-state index contributed by atoms with van der Waals surface area (Å²) in [5, 5.41) is 8.06. The van der Waals surface area contributed by atoms with Gasteiger partial charge in [0.1, 0.15) is 11.6 Å². The summed E-state index contributed by atoms with van der Waals surface area (Å²) in [6, 6.07) is 6.50. The molecule has 1 spiro atoms. The molecule has 1 aliphatic carbocycles. The maximum atomic E-state index is 14.0. The maximum Gasteiger partial charge on any atom is 0.246 e.